The lowest BCUT2D eigenvalue weighted by atomic mass is 10.0. The van der Waals surface area contributed by atoms with Crippen molar-refractivity contribution >= 4 is 0 Å². The first-order valence-electron chi connectivity index (χ1n) is 7.70. The highest BCUT2D eigenvalue weighted by atomic mass is 16.5. The minimum Gasteiger partial charge on any atom is -0.381 e. The van der Waals surface area contributed by atoms with Crippen LogP contribution in [0, 0.1) is 19.8 Å². The zero-order valence-electron chi connectivity index (χ0n) is 13.2. The van der Waals surface area contributed by atoms with Gasteiger partial charge >= 0.3 is 0 Å². The van der Waals surface area contributed by atoms with Crippen molar-refractivity contribution < 1.29 is 4.74 Å². The number of ether oxygens (including phenoxy) is 1. The van der Waals surface area contributed by atoms with Crippen LogP contribution in [0.5, 0.6) is 0 Å². The standard InChI is InChI=1S/C16H27N3O/c1-11(2)17-7-5-15-12(3)18-16(19-13(15)4)9-14-6-8-20-10-14/h11,14,17H,5-10H2,1-4H3. The van der Waals surface area contributed by atoms with Gasteiger partial charge in [-0.1, -0.05) is 13.8 Å². The molecule has 0 bridgehead atoms. The van der Waals surface area contributed by atoms with Crippen LogP contribution in [0.15, 0.2) is 0 Å². The second-order valence-corrected chi connectivity index (χ2v) is 6.08. The molecule has 0 radical (unpaired) electrons. The van der Waals surface area contributed by atoms with Crippen molar-refractivity contribution in [3.05, 3.63) is 22.8 Å². The average Bonchev–Trinajstić information content (AvgIpc) is 2.85. The fraction of sp³-hybridized carbons (Fsp3) is 0.750. The van der Waals surface area contributed by atoms with Crippen LogP contribution in [0.3, 0.4) is 0 Å². The summed E-state index contributed by atoms with van der Waals surface area (Å²) in [6, 6.07) is 0.526. The molecule has 1 aromatic heterocycles. The lowest BCUT2D eigenvalue weighted by Gasteiger charge is -2.14. The Kier molecular flexibility index (Phi) is 5.49. The van der Waals surface area contributed by atoms with Crippen LogP contribution in [0.4, 0.5) is 0 Å². The summed E-state index contributed by atoms with van der Waals surface area (Å²) in [5.41, 5.74) is 3.57. The highest BCUT2D eigenvalue weighted by Gasteiger charge is 2.18. The first kappa shape index (κ1) is 15.4. The van der Waals surface area contributed by atoms with Gasteiger partial charge in [0.1, 0.15) is 5.82 Å². The Morgan fingerprint density at radius 3 is 2.50 bits per heavy atom. The number of nitrogens with one attached hydrogen (secondary N) is 1. The zero-order chi connectivity index (χ0) is 14.5. The minimum absolute atomic E-state index is 0.526. The molecule has 0 spiro atoms. The molecule has 4 heteroatoms. The predicted octanol–water partition coefficient (Wildman–Crippen LogP) is 2.21. The molecule has 20 heavy (non-hydrogen) atoms. The summed E-state index contributed by atoms with van der Waals surface area (Å²) in [6.45, 7) is 11.3. The SMILES string of the molecule is Cc1nc(CC2CCOC2)nc(C)c1CCNC(C)C. The van der Waals surface area contributed by atoms with Crippen LogP contribution < -0.4 is 5.32 Å². The molecule has 4 nitrogen and oxygen atoms in total. The number of rotatable bonds is 6. The third-order valence-electron chi connectivity index (χ3n) is 3.89. The monoisotopic (exact) mass is 277 g/mol. The van der Waals surface area contributed by atoms with Crippen LogP contribution in [0.1, 0.15) is 43.0 Å². The van der Waals surface area contributed by atoms with Gasteiger partial charge in [-0.2, -0.15) is 0 Å². The van der Waals surface area contributed by atoms with Crippen LogP contribution >= 0.6 is 0 Å². The van der Waals surface area contributed by atoms with E-state index in [1.807, 2.05) is 0 Å². The molecule has 1 aliphatic rings. The number of hydrogen-bond donors (Lipinski definition) is 1. The van der Waals surface area contributed by atoms with E-state index in [1.165, 1.54) is 5.56 Å². The van der Waals surface area contributed by atoms with Gasteiger partial charge in [-0.3, -0.25) is 0 Å². The molecular formula is C16H27N3O. The summed E-state index contributed by atoms with van der Waals surface area (Å²) < 4.78 is 5.43. The number of aromatic nitrogens is 2. The molecule has 1 aromatic rings. The summed E-state index contributed by atoms with van der Waals surface area (Å²) in [5.74, 6) is 1.58. The smallest absolute Gasteiger partial charge is 0.129 e. The summed E-state index contributed by atoms with van der Waals surface area (Å²) in [7, 11) is 0. The summed E-state index contributed by atoms with van der Waals surface area (Å²) in [5, 5.41) is 3.45. The number of hydrogen-bond acceptors (Lipinski definition) is 4. The number of aryl methyl sites for hydroxylation is 2. The lowest BCUT2D eigenvalue weighted by molar-refractivity contribution is 0.185. The zero-order valence-corrected chi connectivity index (χ0v) is 13.2. The molecule has 0 aromatic carbocycles. The molecule has 1 aliphatic heterocycles. The Hall–Kier alpha value is -1.00. The molecule has 1 fully saturated rings. The maximum absolute atomic E-state index is 5.43. The van der Waals surface area contributed by atoms with Gasteiger partial charge in [0.2, 0.25) is 0 Å². The van der Waals surface area contributed by atoms with Crippen LogP contribution in [0.25, 0.3) is 0 Å². The molecule has 1 atom stereocenters. The Balaban J connectivity index is 1.99. The van der Waals surface area contributed by atoms with Crippen molar-refractivity contribution in [2.24, 2.45) is 5.92 Å². The van der Waals surface area contributed by atoms with Crippen molar-refractivity contribution in [1.82, 2.24) is 15.3 Å². The van der Waals surface area contributed by atoms with Gasteiger partial charge in [0.05, 0.1) is 0 Å². The normalized spacial score (nSPS) is 18.9. The Labute approximate surface area is 122 Å². The maximum Gasteiger partial charge on any atom is 0.129 e. The Bertz CT molecular complexity index is 416. The van der Waals surface area contributed by atoms with Crippen molar-refractivity contribution in [2.75, 3.05) is 19.8 Å². The summed E-state index contributed by atoms with van der Waals surface area (Å²) in [6.07, 6.45) is 3.09. The van der Waals surface area contributed by atoms with Gasteiger partial charge in [-0.05, 0) is 44.7 Å². The fourth-order valence-corrected chi connectivity index (χ4v) is 2.75. The van der Waals surface area contributed by atoms with E-state index in [1.54, 1.807) is 0 Å². The Morgan fingerprint density at radius 1 is 1.25 bits per heavy atom. The van der Waals surface area contributed by atoms with Crippen molar-refractivity contribution in [2.45, 2.75) is 53.0 Å². The molecule has 2 heterocycles. The summed E-state index contributed by atoms with van der Waals surface area (Å²) >= 11 is 0. The minimum atomic E-state index is 0.526. The maximum atomic E-state index is 5.43. The van der Waals surface area contributed by atoms with Gasteiger partial charge in [0.15, 0.2) is 0 Å². The number of nitrogens with zero attached hydrogens (tertiary/aromatic N) is 2. The van der Waals surface area contributed by atoms with Gasteiger partial charge in [-0.25, -0.2) is 9.97 Å². The van der Waals surface area contributed by atoms with E-state index < -0.39 is 0 Å². The van der Waals surface area contributed by atoms with Crippen LogP contribution in [-0.4, -0.2) is 35.8 Å². The molecule has 1 N–H and O–H groups in total. The molecule has 1 unspecified atom stereocenters. The van der Waals surface area contributed by atoms with E-state index in [9.17, 15) is 0 Å². The van der Waals surface area contributed by atoms with Crippen LogP contribution in [0.2, 0.25) is 0 Å². The topological polar surface area (TPSA) is 47.0 Å². The molecule has 0 amide bonds. The van der Waals surface area contributed by atoms with E-state index in [0.29, 0.717) is 12.0 Å². The van der Waals surface area contributed by atoms with Gasteiger partial charge in [0.25, 0.3) is 0 Å². The first-order valence-corrected chi connectivity index (χ1v) is 7.70. The third kappa shape index (κ3) is 4.25. The van der Waals surface area contributed by atoms with Crippen LogP contribution in [-0.2, 0) is 17.6 Å². The quantitative estimate of drug-likeness (QED) is 0.866. The van der Waals surface area contributed by atoms with E-state index >= 15 is 0 Å². The Morgan fingerprint density at radius 2 is 1.95 bits per heavy atom. The van der Waals surface area contributed by atoms with E-state index in [0.717, 1.165) is 56.2 Å². The lowest BCUT2D eigenvalue weighted by Crippen LogP contribution is -2.25. The largest absolute Gasteiger partial charge is 0.381 e. The highest BCUT2D eigenvalue weighted by Crippen LogP contribution is 2.18. The second kappa shape index (κ2) is 7.14. The predicted molar refractivity (Wildman–Crippen MR) is 81.0 cm³/mol. The highest BCUT2D eigenvalue weighted by molar-refractivity contribution is 5.24. The average molecular weight is 277 g/mol. The molecule has 0 aliphatic carbocycles. The van der Waals surface area contributed by atoms with Crippen molar-refractivity contribution in [1.29, 1.82) is 0 Å². The van der Waals surface area contributed by atoms with E-state index in [4.69, 9.17) is 14.7 Å². The molecule has 2 rings (SSSR count). The fourth-order valence-electron chi connectivity index (χ4n) is 2.75. The van der Waals surface area contributed by atoms with Gasteiger partial charge in [0, 0.05) is 37.1 Å². The first-order chi connectivity index (χ1) is 9.56. The molecular weight excluding hydrogens is 250 g/mol. The van der Waals surface area contributed by atoms with Crippen molar-refractivity contribution in [3.63, 3.8) is 0 Å². The van der Waals surface area contributed by atoms with Crippen molar-refractivity contribution in [3.8, 4) is 0 Å². The summed E-state index contributed by atoms with van der Waals surface area (Å²) in [4.78, 5) is 9.40. The molecule has 0 saturated carbocycles. The van der Waals surface area contributed by atoms with E-state index in [2.05, 4.69) is 33.0 Å². The third-order valence-corrected chi connectivity index (χ3v) is 3.89. The van der Waals surface area contributed by atoms with Gasteiger partial charge < -0.3 is 10.1 Å². The molecule has 112 valence electrons. The van der Waals surface area contributed by atoms with E-state index in [-0.39, 0.29) is 0 Å². The molecule has 1 saturated heterocycles. The second-order valence-electron chi connectivity index (χ2n) is 6.08. The van der Waals surface area contributed by atoms with Gasteiger partial charge in [-0.15, -0.1) is 0 Å².